The lowest BCUT2D eigenvalue weighted by molar-refractivity contribution is -0.276. The van der Waals surface area contributed by atoms with Crippen molar-refractivity contribution < 1.29 is 24.2 Å². The van der Waals surface area contributed by atoms with E-state index in [1.165, 1.54) is 66.4 Å². The molecule has 3 saturated heterocycles. The molecular weight excluding hydrogens is 831 g/mol. The van der Waals surface area contributed by atoms with Gasteiger partial charge in [0.05, 0.1) is 17.0 Å². The van der Waals surface area contributed by atoms with E-state index in [2.05, 4.69) is 77.4 Å². The van der Waals surface area contributed by atoms with Crippen LogP contribution in [0.1, 0.15) is 136 Å². The molecule has 5 fully saturated rings. The van der Waals surface area contributed by atoms with Crippen molar-refractivity contribution in [2.45, 2.75) is 140 Å². The van der Waals surface area contributed by atoms with Crippen LogP contribution in [0.5, 0.6) is 0 Å². The highest BCUT2D eigenvalue weighted by molar-refractivity contribution is 6.00. The van der Waals surface area contributed by atoms with E-state index in [-0.39, 0.29) is 35.6 Å². The van der Waals surface area contributed by atoms with E-state index in [4.69, 9.17) is 15.2 Å². The maximum atomic E-state index is 16.2. The zero-order chi connectivity index (χ0) is 45.0. The second-order valence-electron chi connectivity index (χ2n) is 23.7. The molecule has 12 atom stereocenters. The third-order valence-electron chi connectivity index (χ3n) is 20.5. The SMILES string of the molecule is CC1CC2=C3C4C5=C6C=C(Cc7cccc(c7)CCCCC7C68C(=O)OC(=C(O)CC(CC6CCCCC6)N6CC9CC(C6)C(C=C2)N3C9)C8(CC5)C72OC(=O)c3c(CCCN)cccc32)C14. The molecule has 6 aliphatic carbocycles. The quantitative estimate of drug-likeness (QED) is 0.286. The molecule has 15 aliphatic rings. The van der Waals surface area contributed by atoms with Crippen molar-refractivity contribution in [3.8, 4) is 0 Å². The summed E-state index contributed by atoms with van der Waals surface area (Å²) in [7, 11) is 0. The zero-order valence-electron chi connectivity index (χ0n) is 39.6. The molecule has 9 aliphatic heterocycles. The Morgan fingerprint density at radius 2 is 1.79 bits per heavy atom. The van der Waals surface area contributed by atoms with Gasteiger partial charge in [-0.05, 0) is 135 Å². The highest BCUT2D eigenvalue weighted by Crippen LogP contribution is 2.87. The van der Waals surface area contributed by atoms with Gasteiger partial charge in [-0.2, -0.15) is 0 Å². The van der Waals surface area contributed by atoms with Crippen molar-refractivity contribution in [2.24, 2.45) is 58.0 Å². The highest BCUT2D eigenvalue weighted by Gasteiger charge is 2.93. The van der Waals surface area contributed by atoms with Crippen molar-refractivity contribution in [3.63, 3.8) is 0 Å². The third-order valence-corrected chi connectivity index (χ3v) is 20.5. The normalized spacial score (nSPS) is 40.0. The number of aliphatic hydroxyl groups excluding tert-OH is 1. The van der Waals surface area contributed by atoms with Crippen molar-refractivity contribution in [2.75, 3.05) is 26.2 Å². The summed E-state index contributed by atoms with van der Waals surface area (Å²) in [6, 6.07) is 16.1. The summed E-state index contributed by atoms with van der Waals surface area (Å²) in [5, 5.41) is 13.4. The molecule has 15 bridgehead atoms. The van der Waals surface area contributed by atoms with E-state index in [1.807, 2.05) is 0 Å². The first-order valence-corrected chi connectivity index (χ1v) is 26.9. The van der Waals surface area contributed by atoms with Crippen LogP contribution < -0.4 is 5.73 Å². The number of fused-ring (bicyclic) bond motifs is 6. The maximum absolute atomic E-state index is 16.2. The second kappa shape index (κ2) is 15.1. The van der Waals surface area contributed by atoms with E-state index in [0.717, 1.165) is 87.7 Å². The predicted molar refractivity (Wildman–Crippen MR) is 257 cm³/mol. The summed E-state index contributed by atoms with van der Waals surface area (Å²) in [6.45, 7) is 6.14. The molecule has 17 rings (SSSR count). The fourth-order valence-corrected chi connectivity index (χ4v) is 18.4. The van der Waals surface area contributed by atoms with Crippen molar-refractivity contribution in [3.05, 3.63) is 128 Å². The van der Waals surface area contributed by atoms with Crippen molar-refractivity contribution in [1.82, 2.24) is 9.80 Å². The summed E-state index contributed by atoms with van der Waals surface area (Å²) in [5.74, 6) is 2.29. The molecule has 0 aromatic heterocycles. The number of nitrogens with zero attached hydrogens (tertiary/aromatic N) is 2. The molecule has 3 spiro atoms. The number of rotatable bonds is 5. The molecule has 2 aromatic rings. The predicted octanol–water partition coefficient (Wildman–Crippen LogP) is 10.3. The number of esters is 2. The summed E-state index contributed by atoms with van der Waals surface area (Å²) in [6.07, 6.45) is 24.9. The Kier molecular flexibility index (Phi) is 9.34. The van der Waals surface area contributed by atoms with Crippen molar-refractivity contribution >= 4 is 11.9 Å². The molecule has 8 heteroatoms. The van der Waals surface area contributed by atoms with E-state index in [1.54, 1.807) is 5.70 Å². The topological polar surface area (TPSA) is 105 Å². The molecule has 0 amide bonds. The Hall–Kier alpha value is -4.40. The fourth-order valence-electron chi connectivity index (χ4n) is 18.4. The highest BCUT2D eigenvalue weighted by atomic mass is 16.6. The van der Waals surface area contributed by atoms with Crippen LogP contribution in [-0.2, 0) is 39.1 Å². The number of nitrogens with two attached hydrogens (primary N) is 1. The molecule has 8 nitrogen and oxygen atoms in total. The molecule has 67 heavy (non-hydrogen) atoms. The fraction of sp³-hybridized carbons (Fsp3) is 0.593. The number of hydrogen-bond acceptors (Lipinski definition) is 8. The largest absolute Gasteiger partial charge is 0.509 e. The van der Waals surface area contributed by atoms with Gasteiger partial charge in [-0.3, -0.25) is 9.69 Å². The Labute approximate surface area is 396 Å². The lowest BCUT2D eigenvalue weighted by Gasteiger charge is -2.71. The summed E-state index contributed by atoms with van der Waals surface area (Å²) in [5.41, 5.74) is 15.0. The lowest BCUT2D eigenvalue weighted by atomic mass is 9.29. The number of carbonyl (C=O) groups is 2. The van der Waals surface area contributed by atoms with Crippen LogP contribution in [-0.4, -0.2) is 65.1 Å². The van der Waals surface area contributed by atoms with Gasteiger partial charge in [0.15, 0.2) is 11.4 Å². The Morgan fingerprint density at radius 1 is 0.940 bits per heavy atom. The molecule has 9 heterocycles. The molecular formula is C59H69N3O5. The monoisotopic (exact) mass is 900 g/mol. The molecule has 12 unspecified atom stereocenters. The van der Waals surface area contributed by atoms with Gasteiger partial charge in [-0.1, -0.05) is 117 Å². The van der Waals surface area contributed by atoms with E-state index in [0.29, 0.717) is 79.2 Å². The Balaban J connectivity index is 1.06. The van der Waals surface area contributed by atoms with Gasteiger partial charge in [-0.15, -0.1) is 0 Å². The van der Waals surface area contributed by atoms with Crippen LogP contribution in [0, 0.1) is 52.3 Å². The number of aliphatic hydroxyl groups is 1. The average molecular weight is 900 g/mol. The third kappa shape index (κ3) is 5.44. The van der Waals surface area contributed by atoms with Crippen LogP contribution in [0.25, 0.3) is 0 Å². The molecule has 2 aromatic carbocycles. The minimum Gasteiger partial charge on any atom is -0.509 e. The summed E-state index contributed by atoms with van der Waals surface area (Å²) < 4.78 is 14.3. The van der Waals surface area contributed by atoms with Crippen LogP contribution in [0.4, 0.5) is 0 Å². The van der Waals surface area contributed by atoms with Crippen LogP contribution in [0.3, 0.4) is 0 Å². The number of ether oxygens (including phenoxy) is 2. The molecule has 3 N–H and O–H groups in total. The summed E-state index contributed by atoms with van der Waals surface area (Å²) >= 11 is 0. The van der Waals surface area contributed by atoms with Gasteiger partial charge in [0.1, 0.15) is 11.2 Å². The molecule has 350 valence electrons. The number of piperidine rings is 2. The van der Waals surface area contributed by atoms with Gasteiger partial charge < -0.3 is 25.2 Å². The van der Waals surface area contributed by atoms with E-state index in [9.17, 15) is 5.11 Å². The first-order valence-electron chi connectivity index (χ1n) is 26.9. The van der Waals surface area contributed by atoms with Crippen LogP contribution in [0.15, 0.2) is 100 Å². The molecule has 0 radical (unpaired) electrons. The first-order chi connectivity index (χ1) is 32.7. The minimum atomic E-state index is -1.17. The number of aryl methyl sites for hydroxylation is 2. The molecule has 2 saturated carbocycles. The average Bonchev–Trinajstić information content (AvgIpc) is 3.79. The number of allylic oxidation sites excluding steroid dienone is 5. The van der Waals surface area contributed by atoms with Gasteiger partial charge >= 0.3 is 11.9 Å². The van der Waals surface area contributed by atoms with E-state index < -0.39 is 16.4 Å². The van der Waals surface area contributed by atoms with E-state index >= 15 is 9.59 Å². The van der Waals surface area contributed by atoms with Crippen LogP contribution in [0.2, 0.25) is 0 Å². The van der Waals surface area contributed by atoms with Crippen LogP contribution >= 0.6 is 0 Å². The number of hydrogen-bond donors (Lipinski definition) is 2. The number of carbonyl (C=O) groups excluding carboxylic acids is 2. The second-order valence-corrected chi connectivity index (χ2v) is 23.7. The number of benzene rings is 2. The minimum absolute atomic E-state index is 0.124. The van der Waals surface area contributed by atoms with Gasteiger partial charge in [0, 0.05) is 55.2 Å². The van der Waals surface area contributed by atoms with Gasteiger partial charge in [0.25, 0.3) is 0 Å². The van der Waals surface area contributed by atoms with Crippen molar-refractivity contribution in [1.29, 1.82) is 0 Å². The Morgan fingerprint density at radius 3 is 2.67 bits per heavy atom. The lowest BCUT2D eigenvalue weighted by Crippen LogP contribution is -2.77. The van der Waals surface area contributed by atoms with Gasteiger partial charge in [-0.25, -0.2) is 4.79 Å². The zero-order valence-corrected chi connectivity index (χ0v) is 39.6. The Bertz CT molecular complexity index is 2650. The standard InChI is InChI=1S/C59H69N3O5/c1-34-24-40-19-20-47-42-27-38-31-61(33-42)43(28-36-10-3-2-4-11-36)30-48(63)54-57-22-21-44-46-29-41(50(34)52(44)53(40)62(47)32-38)26-37-14-7-13-35(25-37)12-5-6-18-49(58(46,57)56(65)66-54)59(57)45-17-8-15-39(16-9-23-60)51(45)55(64)67-59/h7-8,13-15,17,19-20,25,29,34,36,38,42-43,47,49-50,52,63H,2-6,9-12,16,18,21-24,26-28,30-33,60H2,1H3. The summed E-state index contributed by atoms with van der Waals surface area (Å²) in [4.78, 5) is 36.9. The smallest absolute Gasteiger partial charge is 0.339 e. The van der Waals surface area contributed by atoms with Gasteiger partial charge in [0.2, 0.25) is 0 Å². The first kappa shape index (κ1) is 41.6. The maximum Gasteiger partial charge on any atom is 0.339 e.